The first-order valence-corrected chi connectivity index (χ1v) is 13.2. The fraction of sp³-hybridized carbons (Fsp3) is 0.375. The highest BCUT2D eigenvalue weighted by Crippen LogP contribution is 2.36. The Morgan fingerprint density at radius 2 is 1.74 bits per heavy atom. The van der Waals surface area contributed by atoms with Crippen LogP contribution in [0.1, 0.15) is 36.5 Å². The van der Waals surface area contributed by atoms with E-state index >= 15 is 0 Å². The summed E-state index contributed by atoms with van der Waals surface area (Å²) in [4.78, 5) is 8.47. The highest BCUT2D eigenvalue weighted by Gasteiger charge is 2.38. The highest BCUT2D eigenvalue weighted by molar-refractivity contribution is 7.93. The Labute approximate surface area is 224 Å². The standard InChI is InChI=1S/C24H28F2N8O4S/c1-14-12-27-21(28-13-14)20(38-6)16(3)39(35,36)32(4)24-30-29-22(17-10-11-33(31-17)23(25)26)34(24)19-15(2)8-7-9-18(19)37-5/h7-13,16,20,23H,1-6H3/t16-,20-/m0/s1. The number of para-hydroxylation sites is 1. The molecule has 0 spiro atoms. The fourth-order valence-corrected chi connectivity index (χ4v) is 5.47. The average Bonchev–Trinajstić information content (AvgIpc) is 3.57. The number of aryl methyl sites for hydroxylation is 2. The molecule has 4 aromatic rings. The smallest absolute Gasteiger partial charge is 0.333 e. The molecule has 0 N–H and O–H groups in total. The highest BCUT2D eigenvalue weighted by atomic mass is 32.2. The van der Waals surface area contributed by atoms with E-state index in [-0.39, 0.29) is 23.3 Å². The number of alkyl halides is 2. The van der Waals surface area contributed by atoms with E-state index in [0.29, 0.717) is 21.7 Å². The van der Waals surface area contributed by atoms with Crippen LogP contribution >= 0.6 is 0 Å². The number of methoxy groups -OCH3 is 2. The lowest BCUT2D eigenvalue weighted by atomic mass is 10.1. The molecular weight excluding hydrogens is 534 g/mol. The van der Waals surface area contributed by atoms with Gasteiger partial charge in [0.1, 0.15) is 22.8 Å². The molecule has 0 saturated carbocycles. The number of hydrogen-bond donors (Lipinski definition) is 0. The maximum Gasteiger partial charge on any atom is 0.333 e. The first-order valence-electron chi connectivity index (χ1n) is 11.7. The number of nitrogens with zero attached hydrogens (tertiary/aromatic N) is 8. The Morgan fingerprint density at radius 1 is 1.05 bits per heavy atom. The van der Waals surface area contributed by atoms with Gasteiger partial charge < -0.3 is 9.47 Å². The van der Waals surface area contributed by atoms with Crippen LogP contribution in [0.5, 0.6) is 5.75 Å². The second-order valence-electron chi connectivity index (χ2n) is 8.74. The summed E-state index contributed by atoms with van der Waals surface area (Å²) in [6, 6.07) is 6.57. The number of sulfonamides is 1. The first kappa shape index (κ1) is 28.0. The predicted molar refractivity (Wildman–Crippen MR) is 138 cm³/mol. The molecule has 0 unspecified atom stereocenters. The van der Waals surface area contributed by atoms with E-state index in [4.69, 9.17) is 9.47 Å². The zero-order valence-corrected chi connectivity index (χ0v) is 23.0. The lowest BCUT2D eigenvalue weighted by molar-refractivity contribution is 0.0568. The summed E-state index contributed by atoms with van der Waals surface area (Å²) in [5.74, 6) is 0.507. The van der Waals surface area contributed by atoms with Crippen LogP contribution in [0.3, 0.4) is 0 Å². The van der Waals surface area contributed by atoms with Gasteiger partial charge in [0.25, 0.3) is 0 Å². The Balaban J connectivity index is 1.87. The summed E-state index contributed by atoms with van der Waals surface area (Å²) in [5.41, 5.74) is 1.97. The van der Waals surface area contributed by atoms with Crippen LogP contribution in [-0.2, 0) is 14.8 Å². The molecule has 3 heterocycles. The van der Waals surface area contributed by atoms with Crippen molar-refractivity contribution in [3.8, 4) is 23.0 Å². The molecule has 1 aromatic carbocycles. The van der Waals surface area contributed by atoms with Crippen LogP contribution in [0.15, 0.2) is 42.9 Å². The van der Waals surface area contributed by atoms with E-state index in [1.165, 1.54) is 38.8 Å². The molecule has 0 radical (unpaired) electrons. The van der Waals surface area contributed by atoms with Crippen molar-refractivity contribution >= 4 is 16.0 Å². The van der Waals surface area contributed by atoms with Crippen LogP contribution in [0.2, 0.25) is 0 Å². The van der Waals surface area contributed by atoms with Gasteiger partial charge in [0, 0.05) is 32.7 Å². The Morgan fingerprint density at radius 3 is 2.33 bits per heavy atom. The number of aromatic nitrogens is 7. The first-order chi connectivity index (χ1) is 18.5. The Hall–Kier alpha value is -3.98. The van der Waals surface area contributed by atoms with Gasteiger partial charge in [-0.3, -0.25) is 4.57 Å². The summed E-state index contributed by atoms with van der Waals surface area (Å²) in [6.07, 6.45) is 3.25. The van der Waals surface area contributed by atoms with Crippen molar-refractivity contribution in [3.05, 3.63) is 59.8 Å². The van der Waals surface area contributed by atoms with Gasteiger partial charge >= 0.3 is 6.55 Å². The molecule has 0 amide bonds. The van der Waals surface area contributed by atoms with E-state index < -0.39 is 27.9 Å². The number of benzene rings is 1. The molecule has 15 heteroatoms. The minimum absolute atomic E-state index is 0.0388. The largest absolute Gasteiger partial charge is 0.495 e. The second kappa shape index (κ2) is 11.0. The number of rotatable bonds is 10. The predicted octanol–water partition coefficient (Wildman–Crippen LogP) is 3.48. The third-order valence-corrected chi connectivity index (χ3v) is 8.31. The molecule has 0 saturated heterocycles. The van der Waals surface area contributed by atoms with Crippen molar-refractivity contribution in [2.75, 3.05) is 25.6 Å². The number of ether oxygens (including phenoxy) is 2. The van der Waals surface area contributed by atoms with Crippen LogP contribution in [0.25, 0.3) is 17.2 Å². The van der Waals surface area contributed by atoms with E-state index in [1.54, 1.807) is 37.5 Å². The summed E-state index contributed by atoms with van der Waals surface area (Å²) in [6.45, 7) is 2.20. The van der Waals surface area contributed by atoms with E-state index in [2.05, 4.69) is 25.3 Å². The van der Waals surface area contributed by atoms with Gasteiger partial charge in [-0.25, -0.2) is 27.4 Å². The third-order valence-electron chi connectivity index (χ3n) is 6.20. The van der Waals surface area contributed by atoms with Gasteiger partial charge in [-0.1, -0.05) is 12.1 Å². The van der Waals surface area contributed by atoms with Crippen molar-refractivity contribution in [1.82, 2.24) is 34.5 Å². The summed E-state index contributed by atoms with van der Waals surface area (Å²) < 4.78 is 68.2. The van der Waals surface area contributed by atoms with Gasteiger partial charge in [0.05, 0.1) is 12.8 Å². The SMILES string of the molecule is COc1cccc(C)c1-n1c(-c2ccn(C(F)F)n2)nnc1N(C)S(=O)(=O)[C@@H](C)[C@H](OC)c1ncc(C)cn1. The van der Waals surface area contributed by atoms with Crippen molar-refractivity contribution in [2.45, 2.75) is 38.7 Å². The average molecular weight is 563 g/mol. The number of hydrogen-bond acceptors (Lipinski definition) is 9. The van der Waals surface area contributed by atoms with Gasteiger partial charge in [-0.05, 0) is 44.0 Å². The van der Waals surface area contributed by atoms with Crippen molar-refractivity contribution < 1.29 is 26.7 Å². The van der Waals surface area contributed by atoms with Gasteiger partial charge in [0.2, 0.25) is 16.0 Å². The van der Waals surface area contributed by atoms with Crippen LogP contribution in [0, 0.1) is 13.8 Å². The van der Waals surface area contributed by atoms with Crippen molar-refractivity contribution in [2.24, 2.45) is 0 Å². The Kier molecular flexibility index (Phi) is 7.92. The lowest BCUT2D eigenvalue weighted by Crippen LogP contribution is -2.40. The normalized spacial score (nSPS) is 13.5. The molecule has 208 valence electrons. The molecule has 0 fully saturated rings. The Bertz CT molecular complexity index is 1560. The van der Waals surface area contributed by atoms with Gasteiger partial charge in [-0.15, -0.1) is 10.2 Å². The molecule has 0 aliphatic heterocycles. The molecule has 0 aliphatic carbocycles. The monoisotopic (exact) mass is 562 g/mol. The molecule has 0 bridgehead atoms. The van der Waals surface area contributed by atoms with Crippen LogP contribution < -0.4 is 9.04 Å². The maximum absolute atomic E-state index is 13.9. The minimum atomic E-state index is -4.18. The van der Waals surface area contributed by atoms with Crippen molar-refractivity contribution in [3.63, 3.8) is 0 Å². The molecule has 3 aromatic heterocycles. The third kappa shape index (κ3) is 5.18. The summed E-state index contributed by atoms with van der Waals surface area (Å²) in [7, 11) is -0.0301. The van der Waals surface area contributed by atoms with Crippen LogP contribution in [-0.4, -0.2) is 69.4 Å². The van der Waals surface area contributed by atoms with E-state index in [9.17, 15) is 17.2 Å². The number of anilines is 1. The molecule has 39 heavy (non-hydrogen) atoms. The van der Waals surface area contributed by atoms with Crippen LogP contribution in [0.4, 0.5) is 14.7 Å². The quantitative estimate of drug-likeness (QED) is 0.285. The molecule has 2 atom stereocenters. The molecule has 0 aliphatic rings. The zero-order chi connectivity index (χ0) is 28.5. The maximum atomic E-state index is 13.9. The van der Waals surface area contributed by atoms with Gasteiger partial charge in [-0.2, -0.15) is 13.9 Å². The number of halogens is 2. The lowest BCUT2D eigenvalue weighted by Gasteiger charge is -2.27. The fourth-order valence-electron chi connectivity index (χ4n) is 4.08. The van der Waals surface area contributed by atoms with Crippen molar-refractivity contribution in [1.29, 1.82) is 0 Å². The topological polar surface area (TPSA) is 130 Å². The second-order valence-corrected chi connectivity index (χ2v) is 11.1. The molecule has 12 nitrogen and oxygen atoms in total. The summed E-state index contributed by atoms with van der Waals surface area (Å²) >= 11 is 0. The molecule has 4 rings (SSSR count). The summed E-state index contributed by atoms with van der Waals surface area (Å²) in [5, 5.41) is 11.1. The van der Waals surface area contributed by atoms with Gasteiger partial charge in [0.15, 0.2) is 11.6 Å². The molecular formula is C24H28F2N8O4S. The van der Waals surface area contributed by atoms with E-state index in [1.807, 2.05) is 6.92 Å². The minimum Gasteiger partial charge on any atom is -0.495 e. The zero-order valence-electron chi connectivity index (χ0n) is 22.1. The van der Waals surface area contributed by atoms with E-state index in [0.717, 1.165) is 16.1 Å².